The number of thioether (sulfide) groups is 1. The zero-order chi connectivity index (χ0) is 19.8. The summed E-state index contributed by atoms with van der Waals surface area (Å²) in [6.45, 7) is 2.51. The van der Waals surface area contributed by atoms with Crippen LogP contribution in [0.4, 0.5) is 10.5 Å². The van der Waals surface area contributed by atoms with E-state index in [0.29, 0.717) is 12.2 Å². The van der Waals surface area contributed by atoms with Crippen molar-refractivity contribution >= 4 is 40.6 Å². The van der Waals surface area contributed by atoms with Crippen molar-refractivity contribution in [2.45, 2.75) is 13.3 Å². The van der Waals surface area contributed by atoms with E-state index < -0.39 is 10.8 Å². The van der Waals surface area contributed by atoms with Crippen molar-refractivity contribution in [3.63, 3.8) is 0 Å². The van der Waals surface area contributed by atoms with E-state index in [1.807, 2.05) is 6.92 Å². The number of nitrogens with one attached hydrogen (secondary N) is 1. The third-order valence-corrected chi connectivity index (χ3v) is 4.40. The maximum absolute atomic E-state index is 11.8. The van der Waals surface area contributed by atoms with E-state index in [4.69, 9.17) is 4.74 Å². The topological polar surface area (TPSA) is 119 Å². The van der Waals surface area contributed by atoms with E-state index in [2.05, 4.69) is 5.32 Å². The summed E-state index contributed by atoms with van der Waals surface area (Å²) in [5.74, 6) is -0.395. The summed E-state index contributed by atoms with van der Waals surface area (Å²) in [5, 5.41) is 13.4. The third kappa shape index (κ3) is 5.81. The van der Waals surface area contributed by atoms with Gasteiger partial charge in [0.1, 0.15) is 0 Å². The van der Waals surface area contributed by atoms with Crippen molar-refractivity contribution in [3.8, 4) is 5.75 Å². The summed E-state index contributed by atoms with van der Waals surface area (Å²) in [6, 6.07) is 4.43. The summed E-state index contributed by atoms with van der Waals surface area (Å²) in [5.41, 5.74) is 0.302. The van der Waals surface area contributed by atoms with E-state index in [9.17, 15) is 24.5 Å². The molecule has 1 N–H and O–H groups in total. The van der Waals surface area contributed by atoms with Crippen LogP contribution < -0.4 is 10.1 Å². The van der Waals surface area contributed by atoms with E-state index in [0.717, 1.165) is 23.1 Å². The maximum Gasteiger partial charge on any atom is 0.311 e. The number of nitrogens with zero attached hydrogens (tertiary/aromatic N) is 2. The second kappa shape index (κ2) is 9.72. The largest absolute Gasteiger partial charge is 0.487 e. The Morgan fingerprint density at radius 2 is 2.22 bits per heavy atom. The second-order valence-corrected chi connectivity index (χ2v) is 6.48. The number of hydrogen-bond donors (Lipinski definition) is 1. The predicted octanol–water partition coefficient (Wildman–Crippen LogP) is 2.21. The molecule has 1 aromatic rings. The molecule has 1 fully saturated rings. The molecular formula is C17H19N3O6S. The lowest BCUT2D eigenvalue weighted by molar-refractivity contribution is -0.385. The molecule has 0 bridgehead atoms. The highest BCUT2D eigenvalue weighted by atomic mass is 32.2. The molecule has 1 aromatic carbocycles. The minimum Gasteiger partial charge on any atom is -0.487 e. The maximum atomic E-state index is 11.8. The van der Waals surface area contributed by atoms with Gasteiger partial charge < -0.3 is 10.1 Å². The molecule has 0 aliphatic carbocycles. The fourth-order valence-corrected chi connectivity index (χ4v) is 2.99. The van der Waals surface area contributed by atoms with E-state index in [1.165, 1.54) is 24.3 Å². The Balaban J connectivity index is 1.91. The Morgan fingerprint density at radius 3 is 2.85 bits per heavy atom. The Morgan fingerprint density at radius 1 is 1.44 bits per heavy atom. The standard InChI is InChI=1S/C17H19N3O6S/c1-2-9-26-14-5-3-12(10-13(14)20(24)25)4-6-15(21)18-7-8-19-16(22)11-27-17(19)23/h3-6,10H,2,7-9,11H2,1H3,(H,18,21)/b6-4+. The van der Waals surface area contributed by atoms with Crippen LogP contribution >= 0.6 is 11.8 Å². The lowest BCUT2D eigenvalue weighted by Crippen LogP contribution is -2.37. The average molecular weight is 393 g/mol. The molecule has 0 spiro atoms. The molecule has 0 radical (unpaired) electrons. The van der Waals surface area contributed by atoms with Gasteiger partial charge in [-0.1, -0.05) is 24.8 Å². The SMILES string of the molecule is CCCOc1ccc(/C=C/C(=O)NCCN2C(=O)CSC2=O)cc1[N+](=O)[O-]. The zero-order valence-electron chi connectivity index (χ0n) is 14.7. The van der Waals surface area contributed by atoms with Crippen LogP contribution in [0.2, 0.25) is 0 Å². The van der Waals surface area contributed by atoms with Crippen LogP contribution in [0, 0.1) is 10.1 Å². The van der Waals surface area contributed by atoms with Gasteiger partial charge in [-0.05, 0) is 24.1 Å². The van der Waals surface area contributed by atoms with Crippen LogP contribution in [-0.2, 0) is 9.59 Å². The van der Waals surface area contributed by atoms with Gasteiger partial charge in [-0.2, -0.15) is 0 Å². The molecule has 1 aliphatic rings. The molecular weight excluding hydrogens is 374 g/mol. The van der Waals surface area contributed by atoms with Gasteiger partial charge in [0.05, 0.1) is 17.3 Å². The first-order chi connectivity index (χ1) is 12.9. The molecule has 0 unspecified atom stereocenters. The highest BCUT2D eigenvalue weighted by Crippen LogP contribution is 2.28. The van der Waals surface area contributed by atoms with Crippen LogP contribution in [0.1, 0.15) is 18.9 Å². The number of amides is 3. The van der Waals surface area contributed by atoms with Gasteiger partial charge in [-0.15, -0.1) is 0 Å². The lowest BCUT2D eigenvalue weighted by atomic mass is 10.1. The molecule has 27 heavy (non-hydrogen) atoms. The van der Waals surface area contributed by atoms with Crippen LogP contribution in [0.25, 0.3) is 6.08 Å². The van der Waals surface area contributed by atoms with E-state index in [1.54, 1.807) is 6.07 Å². The summed E-state index contributed by atoms with van der Waals surface area (Å²) in [4.78, 5) is 46.4. The van der Waals surface area contributed by atoms with Gasteiger partial charge in [0.15, 0.2) is 5.75 Å². The molecule has 1 aliphatic heterocycles. The number of hydrogen-bond acceptors (Lipinski definition) is 7. The third-order valence-electron chi connectivity index (χ3n) is 3.54. The molecule has 0 aromatic heterocycles. The van der Waals surface area contributed by atoms with Gasteiger partial charge in [0.2, 0.25) is 11.8 Å². The number of rotatable bonds is 9. The normalized spacial score (nSPS) is 14.0. The first kappa shape index (κ1) is 20.4. The summed E-state index contributed by atoms with van der Waals surface area (Å²) in [6.07, 6.45) is 3.40. The Labute approximate surface area is 159 Å². The first-order valence-corrected chi connectivity index (χ1v) is 9.25. The van der Waals surface area contributed by atoms with Crippen molar-refractivity contribution in [2.75, 3.05) is 25.4 Å². The molecule has 9 nitrogen and oxygen atoms in total. The molecule has 0 saturated carbocycles. The smallest absolute Gasteiger partial charge is 0.311 e. The monoisotopic (exact) mass is 393 g/mol. The second-order valence-electron chi connectivity index (χ2n) is 5.56. The average Bonchev–Trinajstić information content (AvgIpc) is 2.96. The van der Waals surface area contributed by atoms with Gasteiger partial charge in [0.25, 0.3) is 5.24 Å². The molecule has 0 atom stereocenters. The summed E-state index contributed by atoms with van der Waals surface area (Å²) < 4.78 is 5.34. The lowest BCUT2D eigenvalue weighted by Gasteiger charge is -2.12. The fraction of sp³-hybridized carbons (Fsp3) is 0.353. The number of imide groups is 1. The predicted molar refractivity (Wildman–Crippen MR) is 100 cm³/mol. The first-order valence-electron chi connectivity index (χ1n) is 8.26. The molecule has 3 amide bonds. The summed E-state index contributed by atoms with van der Waals surface area (Å²) in [7, 11) is 0. The van der Waals surface area contributed by atoms with Crippen molar-refractivity contribution in [1.29, 1.82) is 0 Å². The van der Waals surface area contributed by atoms with Crippen LogP contribution in [-0.4, -0.2) is 52.3 Å². The van der Waals surface area contributed by atoms with E-state index in [-0.39, 0.29) is 41.4 Å². The van der Waals surface area contributed by atoms with Gasteiger partial charge in [0, 0.05) is 25.2 Å². The molecule has 2 rings (SSSR count). The van der Waals surface area contributed by atoms with Crippen molar-refractivity contribution < 1.29 is 24.0 Å². The Bertz CT molecular complexity index is 764. The minimum absolute atomic E-state index is 0.110. The van der Waals surface area contributed by atoms with Crippen LogP contribution in [0.5, 0.6) is 5.75 Å². The fourth-order valence-electron chi connectivity index (χ4n) is 2.23. The number of benzene rings is 1. The number of nitro groups is 1. The Kier molecular flexibility index (Phi) is 7.35. The van der Waals surface area contributed by atoms with Gasteiger partial charge in [-0.25, -0.2) is 0 Å². The zero-order valence-corrected chi connectivity index (χ0v) is 15.5. The van der Waals surface area contributed by atoms with Crippen molar-refractivity contribution in [3.05, 3.63) is 40.0 Å². The summed E-state index contributed by atoms with van der Waals surface area (Å²) >= 11 is 0.935. The molecule has 1 heterocycles. The van der Waals surface area contributed by atoms with Gasteiger partial charge in [-0.3, -0.25) is 29.4 Å². The molecule has 144 valence electrons. The number of carbonyl (C=O) groups is 3. The van der Waals surface area contributed by atoms with Crippen molar-refractivity contribution in [2.24, 2.45) is 0 Å². The van der Waals surface area contributed by atoms with Crippen molar-refractivity contribution in [1.82, 2.24) is 10.2 Å². The molecule has 10 heteroatoms. The Hall–Kier alpha value is -2.88. The van der Waals surface area contributed by atoms with E-state index >= 15 is 0 Å². The quantitative estimate of drug-likeness (QED) is 0.388. The number of nitro benzene ring substituents is 1. The number of carbonyl (C=O) groups excluding carboxylic acids is 3. The van der Waals surface area contributed by atoms with Crippen LogP contribution in [0.15, 0.2) is 24.3 Å². The highest BCUT2D eigenvalue weighted by Gasteiger charge is 2.29. The van der Waals surface area contributed by atoms with Crippen LogP contribution in [0.3, 0.4) is 0 Å². The minimum atomic E-state index is -0.537. The highest BCUT2D eigenvalue weighted by molar-refractivity contribution is 8.14. The van der Waals surface area contributed by atoms with Gasteiger partial charge >= 0.3 is 5.69 Å². The number of ether oxygens (including phenoxy) is 1. The molecule has 1 saturated heterocycles.